The summed E-state index contributed by atoms with van der Waals surface area (Å²) in [5, 5.41) is 9.28. The smallest absolute Gasteiger partial charge is 0.353 e. The van der Waals surface area contributed by atoms with E-state index in [4.69, 9.17) is 0 Å². The molecule has 8 heteroatoms. The average molecular weight is 372 g/mol. The van der Waals surface area contributed by atoms with Crippen molar-refractivity contribution >= 4 is 35.5 Å². The van der Waals surface area contributed by atoms with Crippen LogP contribution in [0, 0.1) is 0 Å². The molecule has 1 saturated heterocycles. The molecule has 1 N–H and O–H groups in total. The lowest BCUT2D eigenvalue weighted by Crippen LogP contribution is -2.48. The van der Waals surface area contributed by atoms with Gasteiger partial charge in [0.1, 0.15) is 5.70 Å². The first-order valence-corrected chi connectivity index (χ1v) is 9.27. The molecule has 1 aromatic rings. The zero-order valence-corrected chi connectivity index (χ0v) is 14.6. The number of hydrogen-bond donors (Lipinski definition) is 1. The van der Waals surface area contributed by atoms with Gasteiger partial charge in [0.2, 0.25) is 5.91 Å². The second-order valence-electron chi connectivity index (χ2n) is 6.38. The first-order valence-electron chi connectivity index (χ1n) is 8.39. The van der Waals surface area contributed by atoms with Crippen molar-refractivity contribution in [2.75, 3.05) is 6.54 Å². The Balaban J connectivity index is 1.36. The summed E-state index contributed by atoms with van der Waals surface area (Å²) >= 11 is 1.43. The van der Waals surface area contributed by atoms with Crippen LogP contribution < -0.4 is 0 Å². The van der Waals surface area contributed by atoms with Gasteiger partial charge in [0, 0.05) is 11.4 Å². The number of imide groups is 1. The van der Waals surface area contributed by atoms with Gasteiger partial charge in [-0.25, -0.2) is 4.79 Å². The van der Waals surface area contributed by atoms with Crippen molar-refractivity contribution in [1.82, 2.24) is 9.80 Å². The van der Waals surface area contributed by atoms with Gasteiger partial charge < -0.3 is 5.11 Å². The third-order valence-corrected chi connectivity index (χ3v) is 6.14. The van der Waals surface area contributed by atoms with Crippen molar-refractivity contribution in [3.63, 3.8) is 0 Å². The Kier molecular flexibility index (Phi) is 4.07. The topological polar surface area (TPSA) is 95.0 Å². The number of amides is 3. The van der Waals surface area contributed by atoms with Crippen LogP contribution in [0.2, 0.25) is 0 Å². The van der Waals surface area contributed by atoms with Crippen molar-refractivity contribution in [2.24, 2.45) is 0 Å². The van der Waals surface area contributed by atoms with E-state index in [1.807, 2.05) is 0 Å². The highest BCUT2D eigenvalue weighted by molar-refractivity contribution is 8.04. The maximum atomic E-state index is 12.3. The van der Waals surface area contributed by atoms with Crippen LogP contribution in [0.4, 0.5) is 0 Å². The summed E-state index contributed by atoms with van der Waals surface area (Å²) in [6, 6.07) is 6.76. The SMILES string of the molecule is O=C(O)C1=C(CCCCN2C(=O)c3ccccc3C2=O)S[C@H]2CC(=O)N12. The van der Waals surface area contributed by atoms with Crippen molar-refractivity contribution in [3.05, 3.63) is 46.0 Å². The van der Waals surface area contributed by atoms with Gasteiger partial charge in [0.05, 0.1) is 22.9 Å². The van der Waals surface area contributed by atoms with E-state index in [9.17, 15) is 24.3 Å². The quantitative estimate of drug-likeness (QED) is 0.467. The lowest BCUT2D eigenvalue weighted by molar-refractivity contribution is -0.145. The molecule has 7 nitrogen and oxygen atoms in total. The molecule has 3 amide bonds. The third kappa shape index (κ3) is 2.52. The number of fused-ring (bicyclic) bond motifs is 2. The largest absolute Gasteiger partial charge is 0.477 e. The monoisotopic (exact) mass is 372 g/mol. The Morgan fingerprint density at radius 1 is 1.12 bits per heavy atom. The van der Waals surface area contributed by atoms with Gasteiger partial charge >= 0.3 is 5.97 Å². The van der Waals surface area contributed by atoms with Gasteiger partial charge in [-0.1, -0.05) is 12.1 Å². The molecule has 26 heavy (non-hydrogen) atoms. The van der Waals surface area contributed by atoms with Crippen LogP contribution >= 0.6 is 11.8 Å². The maximum Gasteiger partial charge on any atom is 0.353 e. The molecule has 0 spiro atoms. The fraction of sp³-hybridized carbons (Fsp3) is 0.333. The highest BCUT2D eigenvalue weighted by Crippen LogP contribution is 2.47. The van der Waals surface area contributed by atoms with E-state index in [1.54, 1.807) is 24.3 Å². The lowest BCUT2D eigenvalue weighted by atomic mass is 10.1. The number of β-lactam (4-membered cyclic amide) rings is 1. The Labute approximate surface area is 153 Å². The molecule has 4 rings (SSSR count). The normalized spacial score (nSPS) is 21.2. The predicted molar refractivity (Wildman–Crippen MR) is 93.2 cm³/mol. The summed E-state index contributed by atoms with van der Waals surface area (Å²) in [7, 11) is 0. The molecule has 3 aliphatic heterocycles. The van der Waals surface area contributed by atoms with E-state index in [0.29, 0.717) is 48.3 Å². The van der Waals surface area contributed by atoms with Gasteiger partial charge in [0.25, 0.3) is 11.8 Å². The molecule has 0 bridgehead atoms. The van der Waals surface area contributed by atoms with Crippen molar-refractivity contribution in [2.45, 2.75) is 31.1 Å². The number of hydrogen-bond acceptors (Lipinski definition) is 5. The highest BCUT2D eigenvalue weighted by Gasteiger charge is 2.48. The molecule has 0 aromatic heterocycles. The minimum atomic E-state index is -1.08. The molecule has 3 heterocycles. The van der Waals surface area contributed by atoms with Crippen molar-refractivity contribution in [1.29, 1.82) is 0 Å². The van der Waals surface area contributed by atoms with Crippen LogP contribution in [-0.2, 0) is 9.59 Å². The average Bonchev–Trinajstić information content (AvgIpc) is 3.05. The number of carbonyl (C=O) groups excluding carboxylic acids is 3. The van der Waals surface area contributed by atoms with E-state index in [-0.39, 0.29) is 28.8 Å². The fourth-order valence-electron chi connectivity index (χ4n) is 3.50. The molecule has 3 aliphatic rings. The molecular weight excluding hydrogens is 356 g/mol. The molecule has 1 atom stereocenters. The van der Waals surface area contributed by atoms with E-state index in [0.717, 1.165) is 0 Å². The van der Waals surface area contributed by atoms with Gasteiger partial charge in [-0.15, -0.1) is 11.8 Å². The molecule has 0 radical (unpaired) electrons. The summed E-state index contributed by atoms with van der Waals surface area (Å²) in [6.45, 7) is 0.304. The van der Waals surface area contributed by atoms with Crippen LogP contribution in [0.1, 0.15) is 46.4 Å². The minimum absolute atomic E-state index is 0.0835. The van der Waals surface area contributed by atoms with Crippen molar-refractivity contribution in [3.8, 4) is 0 Å². The Bertz CT molecular complexity index is 843. The lowest BCUT2D eigenvalue weighted by Gasteiger charge is -2.33. The summed E-state index contributed by atoms with van der Waals surface area (Å²) in [6.07, 6.45) is 2.12. The first-order chi connectivity index (χ1) is 12.5. The number of carboxylic acids is 1. The molecule has 1 fully saturated rings. The molecular formula is C18H16N2O5S. The van der Waals surface area contributed by atoms with Gasteiger partial charge in [-0.05, 0) is 31.4 Å². The Morgan fingerprint density at radius 3 is 2.35 bits per heavy atom. The zero-order valence-electron chi connectivity index (χ0n) is 13.8. The first kappa shape index (κ1) is 16.8. The van der Waals surface area contributed by atoms with Gasteiger partial charge in [-0.2, -0.15) is 0 Å². The number of carboxylic acid groups (broad SMARTS) is 1. The summed E-state index contributed by atoms with van der Waals surface area (Å²) in [5.41, 5.74) is 0.960. The minimum Gasteiger partial charge on any atom is -0.477 e. The summed E-state index contributed by atoms with van der Waals surface area (Å²) in [4.78, 5) is 50.9. The Hall–Kier alpha value is -2.61. The predicted octanol–water partition coefficient (Wildman–Crippen LogP) is 2.05. The van der Waals surface area contributed by atoms with Crippen LogP contribution in [-0.4, -0.2) is 50.5 Å². The van der Waals surface area contributed by atoms with E-state index >= 15 is 0 Å². The van der Waals surface area contributed by atoms with Crippen LogP contribution in [0.5, 0.6) is 0 Å². The van der Waals surface area contributed by atoms with Crippen LogP contribution in [0.15, 0.2) is 34.9 Å². The van der Waals surface area contributed by atoms with E-state index in [2.05, 4.69) is 0 Å². The Morgan fingerprint density at radius 2 is 1.77 bits per heavy atom. The fourth-order valence-corrected chi connectivity index (χ4v) is 4.94. The number of aliphatic carboxylic acids is 1. The number of benzene rings is 1. The van der Waals surface area contributed by atoms with Crippen LogP contribution in [0.3, 0.4) is 0 Å². The number of rotatable bonds is 6. The van der Waals surface area contributed by atoms with Crippen LogP contribution in [0.25, 0.3) is 0 Å². The summed E-state index contributed by atoms with van der Waals surface area (Å²) < 4.78 is 0. The third-order valence-electron chi connectivity index (χ3n) is 4.81. The van der Waals surface area contributed by atoms with Gasteiger partial charge in [0.15, 0.2) is 0 Å². The number of carbonyl (C=O) groups is 4. The molecule has 0 aliphatic carbocycles. The number of allylic oxidation sites excluding steroid dienone is 1. The van der Waals surface area contributed by atoms with E-state index < -0.39 is 5.97 Å². The zero-order chi connectivity index (χ0) is 18.4. The van der Waals surface area contributed by atoms with Gasteiger partial charge in [-0.3, -0.25) is 24.2 Å². The summed E-state index contributed by atoms with van der Waals surface area (Å²) in [5.74, 6) is -1.79. The second kappa shape index (κ2) is 6.28. The molecule has 0 saturated carbocycles. The number of thioether (sulfide) groups is 1. The molecule has 0 unspecified atom stereocenters. The molecule has 1 aromatic carbocycles. The molecule has 134 valence electrons. The highest BCUT2D eigenvalue weighted by atomic mass is 32.2. The van der Waals surface area contributed by atoms with Crippen molar-refractivity contribution < 1.29 is 24.3 Å². The standard InChI is InChI=1S/C18H16N2O5S/c21-13-9-14-20(13)15(18(24)25)12(26-14)7-3-4-8-19-16(22)10-5-1-2-6-11(10)17(19)23/h1-2,5-6,14H,3-4,7-9H2,(H,24,25)/t14-/m0/s1. The maximum absolute atomic E-state index is 12.3. The number of unbranched alkanes of at least 4 members (excludes halogenated alkanes) is 1. The number of nitrogens with zero attached hydrogens (tertiary/aromatic N) is 2. The second-order valence-corrected chi connectivity index (χ2v) is 7.65. The van der Waals surface area contributed by atoms with E-state index in [1.165, 1.54) is 21.6 Å².